The molecule has 0 aromatic heterocycles. The van der Waals surface area contributed by atoms with E-state index in [0.29, 0.717) is 6.61 Å². The second-order valence-electron chi connectivity index (χ2n) is 7.93. The van der Waals surface area contributed by atoms with Gasteiger partial charge in [-0.1, -0.05) is 60.7 Å². The predicted octanol–water partition coefficient (Wildman–Crippen LogP) is 5.76. The first-order chi connectivity index (χ1) is 14.5. The lowest BCUT2D eigenvalue weighted by Gasteiger charge is -2.20. The number of ether oxygens (including phenoxy) is 1. The van der Waals surface area contributed by atoms with Gasteiger partial charge in [0.2, 0.25) is 0 Å². The highest BCUT2D eigenvalue weighted by atomic mass is 16.5. The van der Waals surface area contributed by atoms with Crippen molar-refractivity contribution in [1.29, 1.82) is 0 Å². The van der Waals surface area contributed by atoms with Crippen LogP contribution in [0.5, 0.6) is 5.75 Å². The molecule has 0 spiro atoms. The van der Waals surface area contributed by atoms with Crippen molar-refractivity contribution in [2.75, 3.05) is 0 Å². The van der Waals surface area contributed by atoms with Crippen molar-refractivity contribution in [3.63, 3.8) is 0 Å². The predicted molar refractivity (Wildman–Crippen MR) is 123 cm³/mol. The molecule has 2 unspecified atom stereocenters. The highest BCUT2D eigenvalue weighted by molar-refractivity contribution is 6.00. The van der Waals surface area contributed by atoms with Gasteiger partial charge >= 0.3 is 0 Å². The van der Waals surface area contributed by atoms with Crippen LogP contribution in [-0.2, 0) is 13.0 Å². The average molecular weight is 402 g/mol. The van der Waals surface area contributed by atoms with Gasteiger partial charge in [-0.05, 0) is 68.5 Å². The molecular formula is C27H31NO2. The van der Waals surface area contributed by atoms with Crippen LogP contribution < -0.4 is 10.1 Å². The van der Waals surface area contributed by atoms with Crippen molar-refractivity contribution in [1.82, 2.24) is 5.32 Å². The molecule has 0 heterocycles. The molecule has 3 aromatic rings. The Hall–Kier alpha value is -2.91. The molecule has 0 saturated heterocycles. The number of hydrogen-bond acceptors (Lipinski definition) is 3. The maximum Gasteiger partial charge on any atom is 0.179 e. The second kappa shape index (κ2) is 10.7. The van der Waals surface area contributed by atoms with E-state index in [1.54, 1.807) is 0 Å². The molecule has 0 amide bonds. The Balaban J connectivity index is 1.52. The molecule has 0 aliphatic carbocycles. The molecule has 1 N–H and O–H groups in total. The number of carbonyl (C=O) groups is 1. The van der Waals surface area contributed by atoms with Crippen LogP contribution in [0.15, 0.2) is 78.9 Å². The number of rotatable bonds is 10. The van der Waals surface area contributed by atoms with Crippen molar-refractivity contribution in [2.45, 2.75) is 52.3 Å². The minimum Gasteiger partial charge on any atom is -0.489 e. The van der Waals surface area contributed by atoms with Gasteiger partial charge < -0.3 is 10.1 Å². The summed E-state index contributed by atoms with van der Waals surface area (Å²) in [4.78, 5) is 12.9. The third-order valence-electron chi connectivity index (χ3n) is 5.33. The van der Waals surface area contributed by atoms with Gasteiger partial charge in [0.05, 0.1) is 6.04 Å². The van der Waals surface area contributed by atoms with Crippen LogP contribution in [0.1, 0.15) is 47.3 Å². The SMILES string of the molecule is Cc1cc(C(=O)C(C)NC(C)CCc2ccccc2)ccc1OCc1ccccc1. The Morgan fingerprint density at radius 1 is 0.900 bits per heavy atom. The van der Waals surface area contributed by atoms with Gasteiger partial charge in [-0.25, -0.2) is 0 Å². The molecule has 0 fully saturated rings. The summed E-state index contributed by atoms with van der Waals surface area (Å²) >= 11 is 0. The summed E-state index contributed by atoms with van der Waals surface area (Å²) in [5.41, 5.74) is 4.14. The highest BCUT2D eigenvalue weighted by Gasteiger charge is 2.18. The van der Waals surface area contributed by atoms with Gasteiger partial charge in [-0.15, -0.1) is 0 Å². The molecule has 0 aliphatic rings. The fraction of sp³-hybridized carbons (Fsp3) is 0.296. The molecule has 0 aliphatic heterocycles. The van der Waals surface area contributed by atoms with Crippen LogP contribution in [0.3, 0.4) is 0 Å². The number of aryl methyl sites for hydroxylation is 2. The lowest BCUT2D eigenvalue weighted by molar-refractivity contribution is 0.0944. The highest BCUT2D eigenvalue weighted by Crippen LogP contribution is 2.21. The molecule has 3 aromatic carbocycles. The number of hydrogen-bond donors (Lipinski definition) is 1. The van der Waals surface area contributed by atoms with Crippen molar-refractivity contribution in [3.05, 3.63) is 101 Å². The van der Waals surface area contributed by atoms with Gasteiger partial charge in [0.1, 0.15) is 12.4 Å². The molecule has 3 nitrogen and oxygen atoms in total. The van der Waals surface area contributed by atoms with Crippen LogP contribution in [-0.4, -0.2) is 17.9 Å². The fourth-order valence-corrected chi connectivity index (χ4v) is 3.56. The first kappa shape index (κ1) is 21.8. The Labute approximate surface area is 180 Å². The maximum absolute atomic E-state index is 12.9. The monoisotopic (exact) mass is 401 g/mol. The Morgan fingerprint density at radius 3 is 2.17 bits per heavy atom. The smallest absolute Gasteiger partial charge is 0.179 e. The van der Waals surface area contributed by atoms with Crippen LogP contribution >= 0.6 is 0 Å². The number of nitrogens with one attached hydrogen (secondary N) is 1. The topological polar surface area (TPSA) is 38.3 Å². The molecule has 3 rings (SSSR count). The summed E-state index contributed by atoms with van der Waals surface area (Å²) in [5.74, 6) is 0.923. The van der Waals surface area contributed by atoms with Crippen molar-refractivity contribution < 1.29 is 9.53 Å². The summed E-state index contributed by atoms with van der Waals surface area (Å²) in [5, 5.41) is 3.45. The number of Topliss-reactive ketones (excluding diaryl/α,β-unsaturated/α-hetero) is 1. The molecular weight excluding hydrogens is 370 g/mol. The van der Waals surface area contributed by atoms with Gasteiger partial charge in [0, 0.05) is 11.6 Å². The van der Waals surface area contributed by atoms with E-state index in [9.17, 15) is 4.79 Å². The van der Waals surface area contributed by atoms with Gasteiger partial charge in [-0.3, -0.25) is 4.79 Å². The number of benzene rings is 3. The Bertz CT molecular complexity index is 938. The summed E-state index contributed by atoms with van der Waals surface area (Å²) < 4.78 is 5.93. The quantitative estimate of drug-likeness (QED) is 0.439. The van der Waals surface area contributed by atoms with E-state index in [1.165, 1.54) is 5.56 Å². The van der Waals surface area contributed by atoms with Crippen molar-refractivity contribution in [3.8, 4) is 5.75 Å². The summed E-state index contributed by atoms with van der Waals surface area (Å²) in [6, 6.07) is 26.3. The standard InChI is InChI=1S/C27H31NO2/c1-20-18-25(16-17-26(20)30-19-24-12-8-5-9-13-24)27(29)22(3)28-21(2)14-15-23-10-6-4-7-11-23/h4-13,16-18,21-22,28H,14-15,19H2,1-3H3. The third kappa shape index (κ3) is 6.30. The van der Waals surface area contributed by atoms with E-state index < -0.39 is 0 Å². The molecule has 2 atom stereocenters. The molecule has 3 heteroatoms. The van der Waals surface area contributed by atoms with Crippen LogP contribution in [0, 0.1) is 6.92 Å². The largest absolute Gasteiger partial charge is 0.489 e. The molecule has 156 valence electrons. The fourth-order valence-electron chi connectivity index (χ4n) is 3.56. The van der Waals surface area contributed by atoms with E-state index in [-0.39, 0.29) is 17.9 Å². The van der Waals surface area contributed by atoms with Gasteiger partial charge in [0.15, 0.2) is 5.78 Å². The van der Waals surface area contributed by atoms with Gasteiger partial charge in [0.25, 0.3) is 0 Å². The van der Waals surface area contributed by atoms with Crippen LogP contribution in [0.25, 0.3) is 0 Å². The second-order valence-corrected chi connectivity index (χ2v) is 7.93. The third-order valence-corrected chi connectivity index (χ3v) is 5.33. The van der Waals surface area contributed by atoms with E-state index >= 15 is 0 Å². The minimum atomic E-state index is -0.230. The molecule has 0 bridgehead atoms. The number of carbonyl (C=O) groups excluding carboxylic acids is 1. The first-order valence-electron chi connectivity index (χ1n) is 10.6. The number of ketones is 1. The zero-order chi connectivity index (χ0) is 21.3. The van der Waals surface area contributed by atoms with Crippen LogP contribution in [0.2, 0.25) is 0 Å². The first-order valence-corrected chi connectivity index (χ1v) is 10.6. The molecule has 30 heavy (non-hydrogen) atoms. The van der Waals surface area contributed by atoms with Crippen LogP contribution in [0.4, 0.5) is 0 Å². The van der Waals surface area contributed by atoms with E-state index in [4.69, 9.17) is 4.74 Å². The Morgan fingerprint density at radius 2 is 1.53 bits per heavy atom. The van der Waals surface area contributed by atoms with E-state index in [2.05, 4.69) is 36.5 Å². The van der Waals surface area contributed by atoms with Gasteiger partial charge in [-0.2, -0.15) is 0 Å². The Kier molecular flexibility index (Phi) is 7.81. The summed E-state index contributed by atoms with van der Waals surface area (Å²) in [7, 11) is 0. The normalized spacial score (nSPS) is 12.9. The van der Waals surface area contributed by atoms with Crippen molar-refractivity contribution >= 4 is 5.78 Å². The zero-order valence-corrected chi connectivity index (χ0v) is 18.1. The van der Waals surface area contributed by atoms with Crippen molar-refractivity contribution in [2.24, 2.45) is 0 Å². The maximum atomic E-state index is 12.9. The summed E-state index contributed by atoms with van der Waals surface area (Å²) in [6.07, 6.45) is 2.00. The molecule has 0 radical (unpaired) electrons. The van der Waals surface area contributed by atoms with E-state index in [0.717, 1.165) is 35.3 Å². The minimum absolute atomic E-state index is 0.110. The van der Waals surface area contributed by atoms with E-state index in [1.807, 2.05) is 68.4 Å². The lowest BCUT2D eigenvalue weighted by Crippen LogP contribution is -2.40. The zero-order valence-electron chi connectivity index (χ0n) is 18.1. The average Bonchev–Trinajstić information content (AvgIpc) is 2.77. The summed E-state index contributed by atoms with van der Waals surface area (Å²) in [6.45, 7) is 6.58. The lowest BCUT2D eigenvalue weighted by atomic mass is 10.0. The molecule has 0 saturated carbocycles.